The van der Waals surface area contributed by atoms with Crippen LogP contribution in [0.3, 0.4) is 0 Å². The van der Waals surface area contributed by atoms with Crippen molar-refractivity contribution in [2.75, 3.05) is 18.5 Å². The topological polar surface area (TPSA) is 21.3 Å². The maximum Gasteiger partial charge on any atom is 0.119 e. The molecule has 0 fully saturated rings. The van der Waals surface area contributed by atoms with Crippen molar-refractivity contribution in [3.63, 3.8) is 0 Å². The Morgan fingerprint density at radius 1 is 1.24 bits per heavy atom. The summed E-state index contributed by atoms with van der Waals surface area (Å²) in [6.45, 7) is 3.79. The Morgan fingerprint density at radius 3 is 2.71 bits per heavy atom. The Labute approximate surface area is 104 Å². The van der Waals surface area contributed by atoms with Gasteiger partial charge < -0.3 is 10.1 Å². The highest BCUT2D eigenvalue weighted by molar-refractivity contribution is 5.46. The van der Waals surface area contributed by atoms with E-state index in [1.807, 2.05) is 19.1 Å². The summed E-state index contributed by atoms with van der Waals surface area (Å²) in [5, 5.41) is 3.49. The predicted octanol–water partition coefficient (Wildman–Crippen LogP) is 3.85. The van der Waals surface area contributed by atoms with Crippen molar-refractivity contribution in [1.29, 1.82) is 0 Å². The molecule has 0 saturated carbocycles. The molecular formula is C15H21NO. The third kappa shape index (κ3) is 3.81. The van der Waals surface area contributed by atoms with E-state index in [0.29, 0.717) is 0 Å². The molecule has 0 bridgehead atoms. The molecule has 92 valence electrons. The van der Waals surface area contributed by atoms with Gasteiger partial charge in [-0.2, -0.15) is 0 Å². The maximum absolute atomic E-state index is 5.42. The summed E-state index contributed by atoms with van der Waals surface area (Å²) in [5.74, 6) is 1.73. The zero-order chi connectivity index (χ0) is 11.9. The molecule has 2 heteroatoms. The molecule has 1 atom stereocenters. The first-order chi connectivity index (χ1) is 8.38. The van der Waals surface area contributed by atoms with Gasteiger partial charge in [0.05, 0.1) is 6.61 Å². The lowest BCUT2D eigenvalue weighted by atomic mass is 9.94. The molecule has 1 aromatic carbocycles. The standard InChI is InChI=1S/C15H21NO/c1-2-17-15-10-8-14(9-11-15)16-12-13-6-4-3-5-7-13/h3-4,8-11,13,16H,2,5-7,12H2,1H3. The average molecular weight is 231 g/mol. The maximum atomic E-state index is 5.42. The first-order valence-electron chi connectivity index (χ1n) is 6.50. The Balaban J connectivity index is 1.80. The molecule has 1 aliphatic carbocycles. The van der Waals surface area contributed by atoms with E-state index in [9.17, 15) is 0 Å². The zero-order valence-electron chi connectivity index (χ0n) is 10.5. The lowest BCUT2D eigenvalue weighted by molar-refractivity contribution is 0.340. The van der Waals surface area contributed by atoms with Crippen LogP contribution < -0.4 is 10.1 Å². The monoisotopic (exact) mass is 231 g/mol. The van der Waals surface area contributed by atoms with E-state index >= 15 is 0 Å². The lowest BCUT2D eigenvalue weighted by Gasteiger charge is -2.18. The van der Waals surface area contributed by atoms with Crippen LogP contribution in [-0.4, -0.2) is 13.2 Å². The number of hydrogen-bond donors (Lipinski definition) is 1. The summed E-state index contributed by atoms with van der Waals surface area (Å²) in [6, 6.07) is 8.21. The van der Waals surface area contributed by atoms with Gasteiger partial charge >= 0.3 is 0 Å². The third-order valence-corrected chi connectivity index (χ3v) is 3.14. The lowest BCUT2D eigenvalue weighted by Crippen LogP contribution is -2.15. The SMILES string of the molecule is CCOc1ccc(NCC2CC=CCC2)cc1. The number of allylic oxidation sites excluding steroid dienone is 2. The molecule has 1 N–H and O–H groups in total. The van der Waals surface area contributed by atoms with Gasteiger partial charge in [-0.3, -0.25) is 0 Å². The van der Waals surface area contributed by atoms with Crippen molar-refractivity contribution < 1.29 is 4.74 Å². The fraction of sp³-hybridized carbons (Fsp3) is 0.467. The van der Waals surface area contributed by atoms with E-state index in [4.69, 9.17) is 4.74 Å². The first kappa shape index (κ1) is 12.0. The minimum Gasteiger partial charge on any atom is -0.494 e. The Kier molecular flexibility index (Phi) is 4.48. The van der Waals surface area contributed by atoms with Crippen molar-refractivity contribution in [2.45, 2.75) is 26.2 Å². The van der Waals surface area contributed by atoms with Gasteiger partial charge in [-0.25, -0.2) is 0 Å². The molecule has 2 rings (SSSR count). The fourth-order valence-corrected chi connectivity index (χ4v) is 2.14. The molecule has 0 aromatic heterocycles. The van der Waals surface area contributed by atoms with Gasteiger partial charge in [-0.05, 0) is 56.4 Å². The zero-order valence-corrected chi connectivity index (χ0v) is 10.5. The van der Waals surface area contributed by atoms with Crippen LogP contribution in [0.1, 0.15) is 26.2 Å². The largest absolute Gasteiger partial charge is 0.494 e. The normalized spacial score (nSPS) is 19.0. The van der Waals surface area contributed by atoms with Crippen molar-refractivity contribution >= 4 is 5.69 Å². The minimum absolute atomic E-state index is 0.723. The quantitative estimate of drug-likeness (QED) is 0.777. The first-order valence-corrected chi connectivity index (χ1v) is 6.50. The van der Waals surface area contributed by atoms with E-state index in [1.54, 1.807) is 0 Å². The second-order valence-electron chi connectivity index (χ2n) is 4.49. The van der Waals surface area contributed by atoms with Crippen molar-refractivity contribution in [2.24, 2.45) is 5.92 Å². The summed E-state index contributed by atoms with van der Waals surface area (Å²) < 4.78 is 5.42. The molecule has 2 nitrogen and oxygen atoms in total. The molecule has 1 aliphatic rings. The van der Waals surface area contributed by atoms with Crippen LogP contribution in [0.5, 0.6) is 5.75 Å². The number of benzene rings is 1. The number of rotatable bonds is 5. The van der Waals surface area contributed by atoms with Crippen molar-refractivity contribution in [1.82, 2.24) is 0 Å². The molecular weight excluding hydrogens is 210 g/mol. The van der Waals surface area contributed by atoms with Crippen LogP contribution in [0.4, 0.5) is 5.69 Å². The van der Waals surface area contributed by atoms with Crippen LogP contribution >= 0.6 is 0 Å². The highest BCUT2D eigenvalue weighted by Crippen LogP contribution is 2.20. The number of ether oxygens (including phenoxy) is 1. The van der Waals surface area contributed by atoms with E-state index in [1.165, 1.54) is 24.9 Å². The summed E-state index contributed by atoms with van der Waals surface area (Å²) in [5.41, 5.74) is 1.18. The van der Waals surface area contributed by atoms with Crippen LogP contribution in [0, 0.1) is 5.92 Å². The highest BCUT2D eigenvalue weighted by atomic mass is 16.5. The molecule has 0 radical (unpaired) electrons. The van der Waals surface area contributed by atoms with Gasteiger partial charge in [0.25, 0.3) is 0 Å². The van der Waals surface area contributed by atoms with Gasteiger partial charge in [0.1, 0.15) is 5.75 Å². The van der Waals surface area contributed by atoms with Crippen LogP contribution in [0.2, 0.25) is 0 Å². The van der Waals surface area contributed by atoms with E-state index < -0.39 is 0 Å². The number of nitrogens with one attached hydrogen (secondary N) is 1. The Hall–Kier alpha value is -1.44. The Bertz CT molecular complexity index is 356. The van der Waals surface area contributed by atoms with E-state index in [-0.39, 0.29) is 0 Å². The van der Waals surface area contributed by atoms with Crippen LogP contribution in [0.15, 0.2) is 36.4 Å². The number of anilines is 1. The molecule has 1 aromatic rings. The van der Waals surface area contributed by atoms with Gasteiger partial charge in [-0.1, -0.05) is 12.2 Å². The second-order valence-corrected chi connectivity index (χ2v) is 4.49. The van der Waals surface area contributed by atoms with Gasteiger partial charge in [0.2, 0.25) is 0 Å². The van der Waals surface area contributed by atoms with Crippen molar-refractivity contribution in [3.05, 3.63) is 36.4 Å². The van der Waals surface area contributed by atoms with Crippen molar-refractivity contribution in [3.8, 4) is 5.75 Å². The molecule has 17 heavy (non-hydrogen) atoms. The van der Waals surface area contributed by atoms with E-state index in [0.717, 1.165) is 24.8 Å². The van der Waals surface area contributed by atoms with Gasteiger partial charge in [0, 0.05) is 12.2 Å². The predicted molar refractivity (Wildman–Crippen MR) is 72.6 cm³/mol. The molecule has 0 heterocycles. The molecule has 0 amide bonds. The van der Waals surface area contributed by atoms with Crippen LogP contribution in [-0.2, 0) is 0 Å². The fourth-order valence-electron chi connectivity index (χ4n) is 2.14. The number of hydrogen-bond acceptors (Lipinski definition) is 2. The molecule has 0 spiro atoms. The van der Waals surface area contributed by atoms with Crippen LogP contribution in [0.25, 0.3) is 0 Å². The van der Waals surface area contributed by atoms with Gasteiger partial charge in [0.15, 0.2) is 0 Å². The smallest absolute Gasteiger partial charge is 0.119 e. The summed E-state index contributed by atoms with van der Waals surface area (Å²) in [6.07, 6.45) is 8.33. The van der Waals surface area contributed by atoms with Gasteiger partial charge in [-0.15, -0.1) is 0 Å². The summed E-state index contributed by atoms with van der Waals surface area (Å²) in [7, 11) is 0. The highest BCUT2D eigenvalue weighted by Gasteiger charge is 2.08. The molecule has 1 unspecified atom stereocenters. The third-order valence-electron chi connectivity index (χ3n) is 3.14. The summed E-state index contributed by atoms with van der Waals surface area (Å²) in [4.78, 5) is 0. The minimum atomic E-state index is 0.723. The Morgan fingerprint density at radius 2 is 2.06 bits per heavy atom. The van der Waals surface area contributed by atoms with E-state index in [2.05, 4.69) is 29.6 Å². The molecule has 0 saturated heterocycles. The summed E-state index contributed by atoms with van der Waals surface area (Å²) >= 11 is 0. The molecule has 0 aliphatic heterocycles. The average Bonchev–Trinajstić information content (AvgIpc) is 2.40. The second kappa shape index (κ2) is 6.33.